The van der Waals surface area contributed by atoms with E-state index < -0.39 is 6.04 Å². The minimum absolute atomic E-state index is 0.101. The maximum absolute atomic E-state index is 11.7. The minimum atomic E-state index is -0.400. The Kier molecular flexibility index (Phi) is 5.99. The molecule has 3 rings (SSSR count). The average molecular weight is 412 g/mol. The Hall–Kier alpha value is -2.27. The third kappa shape index (κ3) is 4.28. The summed E-state index contributed by atoms with van der Waals surface area (Å²) >= 11 is 3.50. The van der Waals surface area contributed by atoms with Crippen LogP contribution in [0.3, 0.4) is 0 Å². The summed E-state index contributed by atoms with van der Waals surface area (Å²) < 4.78 is 1.04. The third-order valence-electron chi connectivity index (χ3n) is 4.79. The molecule has 1 heterocycles. The van der Waals surface area contributed by atoms with Crippen molar-refractivity contribution in [2.24, 2.45) is 10.2 Å². The fraction of sp³-hybridized carbons (Fsp3) is 0.286. The molecular weight excluding hydrogens is 390 g/mol. The predicted molar refractivity (Wildman–Crippen MR) is 111 cm³/mol. The van der Waals surface area contributed by atoms with Crippen molar-refractivity contribution in [1.82, 2.24) is 4.90 Å². The van der Waals surface area contributed by atoms with Gasteiger partial charge in [0.25, 0.3) is 0 Å². The Morgan fingerprint density at radius 2 is 1.92 bits per heavy atom. The van der Waals surface area contributed by atoms with Crippen molar-refractivity contribution in [2.45, 2.75) is 25.3 Å². The first-order chi connectivity index (χ1) is 12.6. The highest BCUT2D eigenvalue weighted by Gasteiger charge is 2.25. The van der Waals surface area contributed by atoms with Crippen molar-refractivity contribution < 1.29 is 0 Å². The minimum Gasteiger partial charge on any atom is -0.362 e. The Balaban J connectivity index is 1.96. The van der Waals surface area contributed by atoms with E-state index in [0.29, 0.717) is 13.0 Å². The molecule has 0 bridgehead atoms. The second-order valence-corrected chi connectivity index (χ2v) is 7.62. The molecular formula is C21H22BrN3O. The van der Waals surface area contributed by atoms with Gasteiger partial charge in [-0.15, -0.1) is 0 Å². The topological polar surface area (TPSA) is 45.0 Å². The number of nitrogens with zero attached hydrogens (tertiary/aromatic N) is 3. The molecule has 0 radical (unpaired) electrons. The monoisotopic (exact) mass is 411 g/mol. The fourth-order valence-electron chi connectivity index (χ4n) is 3.40. The molecule has 1 unspecified atom stereocenters. The molecule has 2 atom stereocenters. The van der Waals surface area contributed by atoms with E-state index in [9.17, 15) is 4.91 Å². The zero-order valence-electron chi connectivity index (χ0n) is 15.0. The summed E-state index contributed by atoms with van der Waals surface area (Å²) in [4.78, 5) is 17.9. The molecule has 1 aliphatic rings. The Bertz CT molecular complexity index is 829. The molecule has 0 aliphatic carbocycles. The van der Waals surface area contributed by atoms with Crippen LogP contribution in [0.25, 0.3) is 0 Å². The number of nitroso groups, excluding NO2 is 1. The zero-order chi connectivity index (χ0) is 18.5. The lowest BCUT2D eigenvalue weighted by atomic mass is 9.82. The van der Waals surface area contributed by atoms with Crippen LogP contribution < -0.4 is 0 Å². The first-order valence-corrected chi connectivity index (χ1v) is 9.43. The van der Waals surface area contributed by atoms with Gasteiger partial charge in [-0.05, 0) is 47.7 Å². The second-order valence-electron chi connectivity index (χ2n) is 6.70. The number of aliphatic imine (C=N–C) groups is 1. The highest BCUT2D eigenvalue weighted by molar-refractivity contribution is 9.10. The number of likely N-dealkylation sites (N-methyl/N-ethyl adjacent to an activating group) is 1. The smallest absolute Gasteiger partial charge is 0.117 e. The van der Waals surface area contributed by atoms with Crippen molar-refractivity contribution in [2.75, 3.05) is 13.6 Å². The summed E-state index contributed by atoms with van der Waals surface area (Å²) in [6, 6.07) is 16.3. The van der Waals surface area contributed by atoms with E-state index in [1.807, 2.05) is 30.1 Å². The number of hydrogen-bond donors (Lipinski definition) is 0. The average Bonchev–Trinajstić information content (AvgIpc) is 2.65. The van der Waals surface area contributed by atoms with Gasteiger partial charge in [-0.1, -0.05) is 57.5 Å². The van der Waals surface area contributed by atoms with Crippen LogP contribution in [0.15, 0.2) is 74.9 Å². The summed E-state index contributed by atoms with van der Waals surface area (Å²) in [5, 5.41) is 3.46. The number of rotatable bonds is 6. The quantitative estimate of drug-likeness (QED) is 0.607. The second kappa shape index (κ2) is 8.41. The first kappa shape index (κ1) is 18.5. The zero-order valence-corrected chi connectivity index (χ0v) is 16.6. The normalized spacial score (nSPS) is 16.1. The molecule has 0 saturated carbocycles. The van der Waals surface area contributed by atoms with E-state index in [4.69, 9.17) is 0 Å². The van der Waals surface area contributed by atoms with Crippen molar-refractivity contribution in [3.63, 3.8) is 0 Å². The summed E-state index contributed by atoms with van der Waals surface area (Å²) in [6.07, 6.45) is 4.17. The van der Waals surface area contributed by atoms with Gasteiger partial charge >= 0.3 is 0 Å². The Morgan fingerprint density at radius 1 is 1.19 bits per heavy atom. The van der Waals surface area contributed by atoms with Crippen LogP contribution >= 0.6 is 15.9 Å². The van der Waals surface area contributed by atoms with Gasteiger partial charge in [0.05, 0.1) is 6.34 Å². The largest absolute Gasteiger partial charge is 0.362 e. The lowest BCUT2D eigenvalue weighted by Gasteiger charge is -2.26. The number of benzene rings is 2. The van der Waals surface area contributed by atoms with Crippen LogP contribution in [-0.4, -0.2) is 30.9 Å². The van der Waals surface area contributed by atoms with E-state index in [1.165, 1.54) is 16.7 Å². The third-order valence-corrected chi connectivity index (χ3v) is 5.32. The van der Waals surface area contributed by atoms with Gasteiger partial charge in [-0.25, -0.2) is 4.99 Å². The van der Waals surface area contributed by atoms with Gasteiger partial charge in [0.1, 0.15) is 6.04 Å². The molecule has 0 saturated heterocycles. The molecule has 0 fully saturated rings. The van der Waals surface area contributed by atoms with Crippen molar-refractivity contribution in [1.29, 1.82) is 0 Å². The lowest BCUT2D eigenvalue weighted by Crippen LogP contribution is -2.27. The van der Waals surface area contributed by atoms with Crippen LogP contribution in [0.1, 0.15) is 29.0 Å². The Morgan fingerprint density at radius 3 is 2.58 bits per heavy atom. The van der Waals surface area contributed by atoms with Crippen molar-refractivity contribution >= 4 is 22.3 Å². The van der Waals surface area contributed by atoms with E-state index in [-0.39, 0.29) is 5.92 Å². The molecule has 2 aromatic carbocycles. The number of halogens is 1. The standard InChI is InChI=1S/C21H22BrN3O/c1-15-5-3-4-6-19(15)20(16-7-9-18(22)10-8-16)11-21(24-26)17-12-23-14-25(2)13-17/h3-10,12,14,20-21H,11,13H2,1-2H3/t20-,21?/m0/s1. The van der Waals surface area contributed by atoms with Gasteiger partial charge in [0.2, 0.25) is 0 Å². The molecule has 0 N–H and O–H groups in total. The molecule has 2 aromatic rings. The summed E-state index contributed by atoms with van der Waals surface area (Å²) in [7, 11) is 1.95. The summed E-state index contributed by atoms with van der Waals surface area (Å²) in [5.74, 6) is 0.101. The van der Waals surface area contributed by atoms with Crippen LogP contribution in [0.2, 0.25) is 0 Å². The van der Waals surface area contributed by atoms with Crippen LogP contribution in [0, 0.1) is 11.8 Å². The van der Waals surface area contributed by atoms with Gasteiger partial charge in [-0.2, -0.15) is 4.91 Å². The van der Waals surface area contributed by atoms with Gasteiger partial charge in [-0.3, -0.25) is 0 Å². The van der Waals surface area contributed by atoms with Crippen LogP contribution in [0.5, 0.6) is 0 Å². The highest BCUT2D eigenvalue weighted by atomic mass is 79.9. The predicted octanol–water partition coefficient (Wildman–Crippen LogP) is 5.27. The molecule has 0 aromatic heterocycles. The molecule has 26 heavy (non-hydrogen) atoms. The molecule has 4 nitrogen and oxygen atoms in total. The van der Waals surface area contributed by atoms with E-state index in [0.717, 1.165) is 10.0 Å². The van der Waals surface area contributed by atoms with Crippen molar-refractivity contribution in [3.05, 3.63) is 86.4 Å². The maximum Gasteiger partial charge on any atom is 0.117 e. The van der Waals surface area contributed by atoms with Gasteiger partial charge in [0, 0.05) is 30.2 Å². The molecule has 1 aliphatic heterocycles. The molecule has 5 heteroatoms. The SMILES string of the molecule is Cc1ccccc1[C@@H](CC(N=O)C1=CN=CN(C)C1)c1ccc(Br)cc1. The molecule has 134 valence electrons. The fourth-order valence-corrected chi connectivity index (χ4v) is 3.67. The Labute approximate surface area is 162 Å². The van der Waals surface area contributed by atoms with Gasteiger partial charge in [0.15, 0.2) is 0 Å². The molecule has 0 amide bonds. The number of hydrogen-bond acceptors (Lipinski definition) is 4. The van der Waals surface area contributed by atoms with Crippen LogP contribution in [-0.2, 0) is 0 Å². The van der Waals surface area contributed by atoms with E-state index >= 15 is 0 Å². The lowest BCUT2D eigenvalue weighted by molar-refractivity contribution is 0.511. The number of aryl methyl sites for hydroxylation is 1. The van der Waals surface area contributed by atoms with Crippen molar-refractivity contribution in [3.8, 4) is 0 Å². The highest BCUT2D eigenvalue weighted by Crippen LogP contribution is 2.34. The van der Waals surface area contributed by atoms with E-state index in [2.05, 4.69) is 63.4 Å². The summed E-state index contributed by atoms with van der Waals surface area (Å²) in [5.41, 5.74) is 4.60. The van der Waals surface area contributed by atoms with Gasteiger partial charge < -0.3 is 4.90 Å². The maximum atomic E-state index is 11.7. The first-order valence-electron chi connectivity index (χ1n) is 8.64. The van der Waals surface area contributed by atoms with E-state index in [1.54, 1.807) is 12.5 Å². The van der Waals surface area contributed by atoms with Crippen LogP contribution in [0.4, 0.5) is 0 Å². The summed E-state index contributed by atoms with van der Waals surface area (Å²) in [6.45, 7) is 2.79. The molecule has 0 spiro atoms.